The van der Waals surface area contributed by atoms with Crippen LogP contribution in [0.5, 0.6) is 0 Å². The van der Waals surface area contributed by atoms with Crippen molar-refractivity contribution in [1.82, 2.24) is 5.32 Å². The van der Waals surface area contributed by atoms with Crippen molar-refractivity contribution >= 4 is 39.2 Å². The Morgan fingerprint density at radius 3 is 2.82 bits per heavy atom. The van der Waals surface area contributed by atoms with Crippen LogP contribution in [0.1, 0.15) is 13.3 Å². The Balaban J connectivity index is 2.62. The van der Waals surface area contributed by atoms with Crippen LogP contribution in [-0.2, 0) is 0 Å². The number of carbonyl (C=O) groups excluding carboxylic acids is 1. The molecule has 0 fully saturated rings. The van der Waals surface area contributed by atoms with Gasteiger partial charge in [0.25, 0.3) is 0 Å². The predicted molar refractivity (Wildman–Crippen MR) is 72.5 cm³/mol. The van der Waals surface area contributed by atoms with Crippen molar-refractivity contribution in [2.75, 3.05) is 11.9 Å². The maximum absolute atomic E-state index is 11.6. The van der Waals surface area contributed by atoms with E-state index in [4.69, 9.17) is 16.7 Å². The van der Waals surface area contributed by atoms with Gasteiger partial charge in [0.2, 0.25) is 0 Å². The van der Waals surface area contributed by atoms with Gasteiger partial charge in [0.1, 0.15) is 0 Å². The number of aliphatic hydroxyl groups excluding tert-OH is 1. The van der Waals surface area contributed by atoms with Crippen molar-refractivity contribution in [2.24, 2.45) is 0 Å². The molecule has 3 N–H and O–H groups in total. The van der Waals surface area contributed by atoms with Crippen LogP contribution in [0.15, 0.2) is 22.7 Å². The predicted octanol–water partition coefficient (Wildman–Crippen LogP) is 2.99. The Morgan fingerprint density at radius 2 is 2.29 bits per heavy atom. The standard InChI is InChI=1S/C11H14BrClN2O2/c1-2-8(6-16)14-11(17)15-10-4-3-7(13)5-9(10)12/h3-5,8,16H,2,6H2,1H3,(H2,14,15,17). The third kappa shape index (κ3) is 4.53. The summed E-state index contributed by atoms with van der Waals surface area (Å²) in [4.78, 5) is 11.6. The lowest BCUT2D eigenvalue weighted by atomic mass is 10.2. The van der Waals surface area contributed by atoms with Gasteiger partial charge in [0.05, 0.1) is 18.3 Å². The first-order valence-electron chi connectivity index (χ1n) is 5.20. The van der Waals surface area contributed by atoms with Crippen LogP contribution in [0, 0.1) is 0 Å². The molecule has 0 aliphatic rings. The van der Waals surface area contributed by atoms with Gasteiger partial charge in [0, 0.05) is 9.50 Å². The Labute approximate surface area is 113 Å². The summed E-state index contributed by atoms with van der Waals surface area (Å²) >= 11 is 9.09. The zero-order valence-electron chi connectivity index (χ0n) is 9.34. The lowest BCUT2D eigenvalue weighted by molar-refractivity contribution is 0.222. The molecule has 17 heavy (non-hydrogen) atoms. The highest BCUT2D eigenvalue weighted by Crippen LogP contribution is 2.25. The summed E-state index contributed by atoms with van der Waals surface area (Å²) in [5.41, 5.74) is 0.625. The molecule has 1 atom stereocenters. The fraction of sp³-hybridized carbons (Fsp3) is 0.364. The first-order chi connectivity index (χ1) is 8.06. The molecule has 94 valence electrons. The quantitative estimate of drug-likeness (QED) is 0.798. The fourth-order valence-corrected chi connectivity index (χ4v) is 1.99. The van der Waals surface area contributed by atoms with Crippen molar-refractivity contribution in [3.05, 3.63) is 27.7 Å². The molecule has 0 heterocycles. The van der Waals surface area contributed by atoms with Crippen molar-refractivity contribution in [2.45, 2.75) is 19.4 Å². The number of aliphatic hydroxyl groups is 1. The summed E-state index contributed by atoms with van der Waals surface area (Å²) in [5.74, 6) is 0. The molecule has 1 aromatic rings. The average Bonchev–Trinajstić information content (AvgIpc) is 2.29. The van der Waals surface area contributed by atoms with E-state index in [9.17, 15) is 4.79 Å². The van der Waals surface area contributed by atoms with Gasteiger partial charge in [-0.25, -0.2) is 4.79 Å². The number of urea groups is 1. The van der Waals surface area contributed by atoms with E-state index >= 15 is 0 Å². The number of hydrogen-bond donors (Lipinski definition) is 3. The summed E-state index contributed by atoms with van der Waals surface area (Å²) in [5, 5.41) is 14.9. The molecule has 0 aliphatic heterocycles. The van der Waals surface area contributed by atoms with Crippen LogP contribution in [0.2, 0.25) is 5.02 Å². The Bertz CT molecular complexity index is 397. The molecular weight excluding hydrogens is 307 g/mol. The zero-order chi connectivity index (χ0) is 12.8. The molecular formula is C11H14BrClN2O2. The van der Waals surface area contributed by atoms with Gasteiger partial charge in [-0.3, -0.25) is 0 Å². The summed E-state index contributed by atoms with van der Waals surface area (Å²) in [7, 11) is 0. The van der Waals surface area contributed by atoms with Crippen molar-refractivity contribution in [3.8, 4) is 0 Å². The van der Waals surface area contributed by atoms with Crippen LogP contribution < -0.4 is 10.6 Å². The fourth-order valence-electron chi connectivity index (χ4n) is 1.21. The van der Waals surface area contributed by atoms with Gasteiger partial charge in [-0.2, -0.15) is 0 Å². The van der Waals surface area contributed by atoms with Gasteiger partial charge in [0.15, 0.2) is 0 Å². The summed E-state index contributed by atoms with van der Waals surface area (Å²) in [6, 6.07) is 4.49. The first kappa shape index (κ1) is 14.3. The monoisotopic (exact) mass is 320 g/mol. The SMILES string of the molecule is CCC(CO)NC(=O)Nc1ccc(Cl)cc1Br. The summed E-state index contributed by atoms with van der Waals surface area (Å²) < 4.78 is 0.706. The molecule has 1 unspecified atom stereocenters. The van der Waals surface area contributed by atoms with Crippen LogP contribution in [0.3, 0.4) is 0 Å². The summed E-state index contributed by atoms with van der Waals surface area (Å²) in [6.07, 6.45) is 0.672. The van der Waals surface area contributed by atoms with Crippen LogP contribution in [0.4, 0.5) is 10.5 Å². The van der Waals surface area contributed by atoms with Crippen LogP contribution >= 0.6 is 27.5 Å². The molecule has 0 saturated heterocycles. The highest BCUT2D eigenvalue weighted by atomic mass is 79.9. The topological polar surface area (TPSA) is 61.4 Å². The number of halogens is 2. The number of anilines is 1. The Hall–Kier alpha value is -0.780. The van der Waals surface area contributed by atoms with E-state index in [1.54, 1.807) is 18.2 Å². The van der Waals surface area contributed by atoms with Gasteiger partial charge in [-0.05, 0) is 40.5 Å². The first-order valence-corrected chi connectivity index (χ1v) is 6.37. The van der Waals surface area contributed by atoms with Gasteiger partial charge < -0.3 is 15.7 Å². The van der Waals surface area contributed by atoms with Crippen LogP contribution in [0.25, 0.3) is 0 Å². The molecule has 0 radical (unpaired) electrons. The lowest BCUT2D eigenvalue weighted by Gasteiger charge is -2.15. The van der Waals surface area contributed by atoms with Crippen molar-refractivity contribution in [3.63, 3.8) is 0 Å². The molecule has 4 nitrogen and oxygen atoms in total. The number of rotatable bonds is 4. The minimum Gasteiger partial charge on any atom is -0.394 e. The second-order valence-corrected chi connectivity index (χ2v) is 4.80. The van der Waals surface area contributed by atoms with E-state index in [0.29, 0.717) is 21.6 Å². The van der Waals surface area contributed by atoms with E-state index in [2.05, 4.69) is 26.6 Å². The Kier molecular flexibility index (Phi) is 5.74. The van der Waals surface area contributed by atoms with Crippen LogP contribution in [-0.4, -0.2) is 23.8 Å². The normalized spacial score (nSPS) is 12.0. The van der Waals surface area contributed by atoms with E-state index in [-0.39, 0.29) is 18.7 Å². The molecule has 0 spiro atoms. The number of hydrogen-bond acceptors (Lipinski definition) is 2. The van der Waals surface area contributed by atoms with Crippen molar-refractivity contribution < 1.29 is 9.90 Å². The molecule has 1 aromatic carbocycles. The molecule has 0 aliphatic carbocycles. The number of amides is 2. The molecule has 1 rings (SSSR count). The van der Waals surface area contributed by atoms with E-state index in [1.165, 1.54) is 0 Å². The Morgan fingerprint density at radius 1 is 1.59 bits per heavy atom. The number of carbonyl (C=O) groups is 1. The highest BCUT2D eigenvalue weighted by Gasteiger charge is 2.10. The second-order valence-electron chi connectivity index (χ2n) is 3.51. The molecule has 0 saturated carbocycles. The molecule has 0 aromatic heterocycles. The van der Waals surface area contributed by atoms with E-state index in [1.807, 2.05) is 6.92 Å². The van der Waals surface area contributed by atoms with Crippen molar-refractivity contribution in [1.29, 1.82) is 0 Å². The largest absolute Gasteiger partial charge is 0.394 e. The summed E-state index contributed by atoms with van der Waals surface area (Å²) in [6.45, 7) is 1.81. The third-order valence-electron chi connectivity index (χ3n) is 2.23. The molecule has 0 bridgehead atoms. The van der Waals surface area contributed by atoms with E-state index < -0.39 is 0 Å². The second kappa shape index (κ2) is 6.83. The maximum atomic E-state index is 11.6. The number of benzene rings is 1. The van der Waals surface area contributed by atoms with Gasteiger partial charge in [-0.1, -0.05) is 18.5 Å². The highest BCUT2D eigenvalue weighted by molar-refractivity contribution is 9.10. The van der Waals surface area contributed by atoms with Gasteiger partial charge in [-0.15, -0.1) is 0 Å². The zero-order valence-corrected chi connectivity index (χ0v) is 11.7. The minimum atomic E-state index is -0.353. The van der Waals surface area contributed by atoms with E-state index in [0.717, 1.165) is 0 Å². The van der Waals surface area contributed by atoms with Gasteiger partial charge >= 0.3 is 6.03 Å². The minimum absolute atomic E-state index is 0.0777. The smallest absolute Gasteiger partial charge is 0.319 e. The third-order valence-corrected chi connectivity index (χ3v) is 3.12. The maximum Gasteiger partial charge on any atom is 0.319 e. The number of nitrogens with one attached hydrogen (secondary N) is 2. The lowest BCUT2D eigenvalue weighted by Crippen LogP contribution is -2.39. The molecule has 2 amide bonds. The molecule has 6 heteroatoms. The average molecular weight is 322 g/mol.